The minimum absolute atomic E-state index is 0.270. The van der Waals surface area contributed by atoms with Crippen molar-refractivity contribution in [3.8, 4) is 11.6 Å². The fourth-order valence-electron chi connectivity index (χ4n) is 3.01. The van der Waals surface area contributed by atoms with Gasteiger partial charge in [-0.3, -0.25) is 4.99 Å². The second-order valence-corrected chi connectivity index (χ2v) is 6.98. The molecule has 1 aromatic heterocycles. The number of guanidine groups is 1. The van der Waals surface area contributed by atoms with E-state index in [9.17, 15) is 4.39 Å². The van der Waals surface area contributed by atoms with Gasteiger partial charge in [0.2, 0.25) is 5.88 Å². The van der Waals surface area contributed by atoms with Gasteiger partial charge in [-0.05, 0) is 37.0 Å². The molecule has 3 rings (SSSR count). The third kappa shape index (κ3) is 7.61. The first kappa shape index (κ1) is 22.0. The number of nitrogens with one attached hydrogen (secondary N) is 2. The van der Waals surface area contributed by atoms with Gasteiger partial charge in [-0.1, -0.05) is 12.1 Å². The second kappa shape index (κ2) is 12.1. The summed E-state index contributed by atoms with van der Waals surface area (Å²) in [6.07, 6.45) is 5.11. The number of aliphatic imine (C=N–C) groups is 1. The molecule has 2 aromatic rings. The van der Waals surface area contributed by atoms with E-state index in [1.54, 1.807) is 31.4 Å². The molecule has 0 aliphatic carbocycles. The Morgan fingerprint density at radius 1 is 1.30 bits per heavy atom. The van der Waals surface area contributed by atoms with Gasteiger partial charge in [0.15, 0.2) is 5.96 Å². The maximum absolute atomic E-state index is 13.2. The van der Waals surface area contributed by atoms with E-state index in [0.717, 1.165) is 38.0 Å². The standard InChI is InChI=1S/C22H29FN4O3/c1-24-22(25-10-4-11-28-16-20-7-3-12-29-20)27-15-17-8-9-21(26-14-17)30-19-6-2-5-18(23)13-19/h2,5-6,8-9,13-14,20H,3-4,7,10-12,15-16H2,1H3,(H2,24,25,27). The van der Waals surface area contributed by atoms with Gasteiger partial charge in [-0.25, -0.2) is 9.37 Å². The molecule has 1 unspecified atom stereocenters. The van der Waals surface area contributed by atoms with Gasteiger partial charge in [0, 0.05) is 51.7 Å². The second-order valence-electron chi connectivity index (χ2n) is 6.98. The van der Waals surface area contributed by atoms with Crippen LogP contribution in [0.1, 0.15) is 24.8 Å². The zero-order chi connectivity index (χ0) is 21.0. The molecule has 0 amide bonds. The molecule has 30 heavy (non-hydrogen) atoms. The smallest absolute Gasteiger partial charge is 0.219 e. The summed E-state index contributed by atoms with van der Waals surface area (Å²) < 4.78 is 30.0. The summed E-state index contributed by atoms with van der Waals surface area (Å²) in [5, 5.41) is 6.51. The number of hydrogen-bond acceptors (Lipinski definition) is 5. The summed E-state index contributed by atoms with van der Waals surface area (Å²) in [5.41, 5.74) is 0.976. The first-order chi connectivity index (χ1) is 14.7. The van der Waals surface area contributed by atoms with Gasteiger partial charge >= 0.3 is 0 Å². The molecule has 1 aromatic carbocycles. The van der Waals surface area contributed by atoms with Crippen LogP contribution in [-0.2, 0) is 16.0 Å². The highest BCUT2D eigenvalue weighted by molar-refractivity contribution is 5.79. The highest BCUT2D eigenvalue weighted by Gasteiger charge is 2.14. The van der Waals surface area contributed by atoms with E-state index in [1.165, 1.54) is 12.1 Å². The number of aromatic nitrogens is 1. The molecule has 1 fully saturated rings. The Kier molecular flexibility index (Phi) is 8.86. The van der Waals surface area contributed by atoms with Crippen LogP contribution in [0.5, 0.6) is 11.6 Å². The van der Waals surface area contributed by atoms with E-state index in [-0.39, 0.29) is 11.9 Å². The number of nitrogens with zero attached hydrogens (tertiary/aromatic N) is 2. The predicted octanol–water partition coefficient (Wildman–Crippen LogP) is 3.26. The lowest BCUT2D eigenvalue weighted by atomic mass is 10.2. The lowest BCUT2D eigenvalue weighted by Gasteiger charge is -2.13. The molecule has 2 N–H and O–H groups in total. The monoisotopic (exact) mass is 416 g/mol. The molecule has 1 atom stereocenters. The van der Waals surface area contributed by atoms with Crippen molar-refractivity contribution < 1.29 is 18.6 Å². The van der Waals surface area contributed by atoms with Gasteiger partial charge in [-0.15, -0.1) is 0 Å². The van der Waals surface area contributed by atoms with Gasteiger partial charge in [0.1, 0.15) is 11.6 Å². The van der Waals surface area contributed by atoms with Crippen LogP contribution < -0.4 is 15.4 Å². The Hall–Kier alpha value is -2.71. The molecule has 162 valence electrons. The number of pyridine rings is 1. The lowest BCUT2D eigenvalue weighted by molar-refractivity contribution is 0.0168. The summed E-state index contributed by atoms with van der Waals surface area (Å²) in [7, 11) is 1.73. The first-order valence-corrected chi connectivity index (χ1v) is 10.2. The van der Waals surface area contributed by atoms with Crippen molar-refractivity contribution in [3.63, 3.8) is 0 Å². The van der Waals surface area contributed by atoms with Crippen LogP contribution in [0.25, 0.3) is 0 Å². The average Bonchev–Trinajstić information content (AvgIpc) is 3.27. The fourth-order valence-corrected chi connectivity index (χ4v) is 3.01. The summed E-state index contributed by atoms with van der Waals surface area (Å²) in [6.45, 7) is 3.57. The Labute approximate surface area is 176 Å². The number of rotatable bonds is 10. The molecule has 1 aliphatic heterocycles. The maximum atomic E-state index is 13.2. The molecule has 0 radical (unpaired) electrons. The van der Waals surface area contributed by atoms with Crippen molar-refractivity contribution in [1.29, 1.82) is 0 Å². The van der Waals surface area contributed by atoms with Crippen molar-refractivity contribution in [3.05, 3.63) is 54.0 Å². The largest absolute Gasteiger partial charge is 0.439 e. The number of ether oxygens (including phenoxy) is 3. The van der Waals surface area contributed by atoms with E-state index in [2.05, 4.69) is 20.6 Å². The van der Waals surface area contributed by atoms with Crippen LogP contribution in [0.2, 0.25) is 0 Å². The zero-order valence-electron chi connectivity index (χ0n) is 17.3. The summed E-state index contributed by atoms with van der Waals surface area (Å²) in [4.78, 5) is 8.48. The molecule has 7 nitrogen and oxygen atoms in total. The zero-order valence-corrected chi connectivity index (χ0v) is 17.3. The Morgan fingerprint density at radius 2 is 2.23 bits per heavy atom. The SMILES string of the molecule is CN=C(NCCCOCC1CCCO1)NCc1ccc(Oc2cccc(F)c2)nc1. The van der Waals surface area contributed by atoms with Crippen molar-refractivity contribution in [2.75, 3.05) is 33.4 Å². The molecule has 2 heterocycles. The van der Waals surface area contributed by atoms with Gasteiger partial charge in [0.25, 0.3) is 0 Å². The molecule has 1 saturated heterocycles. The van der Waals surface area contributed by atoms with Crippen molar-refractivity contribution in [2.24, 2.45) is 4.99 Å². The van der Waals surface area contributed by atoms with Crippen molar-refractivity contribution >= 4 is 5.96 Å². The highest BCUT2D eigenvalue weighted by atomic mass is 19.1. The van der Waals surface area contributed by atoms with E-state index >= 15 is 0 Å². The molecular formula is C22H29FN4O3. The minimum atomic E-state index is -0.346. The van der Waals surface area contributed by atoms with Gasteiger partial charge in [-0.2, -0.15) is 0 Å². The van der Waals surface area contributed by atoms with Crippen LogP contribution in [0.15, 0.2) is 47.6 Å². The van der Waals surface area contributed by atoms with Crippen LogP contribution >= 0.6 is 0 Å². The number of benzene rings is 1. The van der Waals surface area contributed by atoms with E-state index in [0.29, 0.717) is 37.3 Å². The Bertz CT molecular complexity index is 795. The normalized spacial score (nSPS) is 16.5. The summed E-state index contributed by atoms with van der Waals surface area (Å²) >= 11 is 0. The van der Waals surface area contributed by atoms with Crippen LogP contribution in [0, 0.1) is 5.82 Å². The third-order valence-corrected chi connectivity index (χ3v) is 4.59. The minimum Gasteiger partial charge on any atom is -0.439 e. The number of halogens is 1. The molecular weight excluding hydrogens is 387 g/mol. The van der Waals surface area contributed by atoms with E-state index < -0.39 is 0 Å². The molecule has 0 spiro atoms. The van der Waals surface area contributed by atoms with Crippen molar-refractivity contribution in [1.82, 2.24) is 15.6 Å². The predicted molar refractivity (Wildman–Crippen MR) is 113 cm³/mol. The molecule has 0 saturated carbocycles. The molecule has 1 aliphatic rings. The summed E-state index contributed by atoms with van der Waals surface area (Å²) in [6, 6.07) is 9.63. The fraction of sp³-hybridized carbons (Fsp3) is 0.455. The van der Waals surface area contributed by atoms with Crippen LogP contribution in [-0.4, -0.2) is 50.5 Å². The third-order valence-electron chi connectivity index (χ3n) is 4.59. The van der Waals surface area contributed by atoms with E-state index in [4.69, 9.17) is 14.2 Å². The lowest BCUT2D eigenvalue weighted by Crippen LogP contribution is -2.37. The van der Waals surface area contributed by atoms with E-state index in [1.807, 2.05) is 6.07 Å². The average molecular weight is 416 g/mol. The van der Waals surface area contributed by atoms with Crippen molar-refractivity contribution in [2.45, 2.75) is 31.9 Å². The molecule has 0 bridgehead atoms. The van der Waals surface area contributed by atoms with Crippen LogP contribution in [0.3, 0.4) is 0 Å². The highest BCUT2D eigenvalue weighted by Crippen LogP contribution is 2.20. The maximum Gasteiger partial charge on any atom is 0.219 e. The van der Waals surface area contributed by atoms with Gasteiger partial charge in [0.05, 0.1) is 12.7 Å². The van der Waals surface area contributed by atoms with Crippen LogP contribution in [0.4, 0.5) is 4.39 Å². The first-order valence-electron chi connectivity index (χ1n) is 10.2. The number of hydrogen-bond donors (Lipinski definition) is 2. The topological polar surface area (TPSA) is 77.0 Å². The van der Waals surface area contributed by atoms with Gasteiger partial charge < -0.3 is 24.8 Å². The Balaban J connectivity index is 1.32. The Morgan fingerprint density at radius 3 is 2.97 bits per heavy atom. The molecule has 8 heteroatoms. The quantitative estimate of drug-likeness (QED) is 0.352. The summed E-state index contributed by atoms with van der Waals surface area (Å²) in [5.74, 6) is 1.20.